The van der Waals surface area contributed by atoms with Gasteiger partial charge in [0.15, 0.2) is 0 Å². The third-order valence-electron chi connectivity index (χ3n) is 6.21. The van der Waals surface area contributed by atoms with Crippen molar-refractivity contribution in [1.29, 1.82) is 0 Å². The average Bonchev–Trinajstić information content (AvgIpc) is 3.10. The van der Waals surface area contributed by atoms with Crippen molar-refractivity contribution >= 4 is 0 Å². The molecule has 0 amide bonds. The predicted octanol–water partition coefficient (Wildman–Crippen LogP) is 5.10. The van der Waals surface area contributed by atoms with Crippen LogP contribution >= 0.6 is 0 Å². The summed E-state index contributed by atoms with van der Waals surface area (Å²) in [5, 5.41) is 0. The smallest absolute Gasteiger partial charge is 0.103 e. The Bertz CT molecular complexity index is 908. The first-order chi connectivity index (χ1) is 13.4. The number of ether oxygens (including phenoxy) is 1. The molecule has 1 spiro atoms. The molecule has 1 saturated heterocycles. The van der Waals surface area contributed by atoms with Crippen molar-refractivity contribution in [3.63, 3.8) is 0 Å². The first-order valence-corrected chi connectivity index (χ1v) is 9.89. The van der Waals surface area contributed by atoms with Gasteiger partial charge in [0.2, 0.25) is 0 Å². The van der Waals surface area contributed by atoms with Gasteiger partial charge in [-0.05, 0) is 28.7 Å². The molecule has 5 rings (SSSR count). The third kappa shape index (κ3) is 2.99. The molecule has 2 aliphatic rings. The molecule has 0 aliphatic carbocycles. The molecular weight excluding hydrogens is 330 g/mol. The first-order valence-electron chi connectivity index (χ1n) is 9.89. The second kappa shape index (κ2) is 6.95. The maximum absolute atomic E-state index is 6.59. The van der Waals surface area contributed by atoms with Crippen molar-refractivity contribution in [3.8, 4) is 0 Å². The molecule has 3 aromatic carbocycles. The number of benzene rings is 3. The Hall–Kier alpha value is -2.42. The molecule has 0 radical (unpaired) electrons. The lowest BCUT2D eigenvalue weighted by atomic mass is 9.72. The minimum Gasteiger partial charge on any atom is -0.365 e. The van der Waals surface area contributed by atoms with Gasteiger partial charge in [0, 0.05) is 25.6 Å². The largest absolute Gasteiger partial charge is 0.365 e. The molecule has 3 aromatic rings. The molecule has 136 valence electrons. The second-order valence-electron chi connectivity index (χ2n) is 7.77. The highest BCUT2D eigenvalue weighted by atomic mass is 16.5. The topological polar surface area (TPSA) is 12.5 Å². The Morgan fingerprint density at radius 3 is 2.37 bits per heavy atom. The van der Waals surface area contributed by atoms with E-state index in [1.807, 2.05) is 0 Å². The summed E-state index contributed by atoms with van der Waals surface area (Å²) in [5.41, 5.74) is 5.33. The lowest BCUT2D eigenvalue weighted by Gasteiger charge is -2.46. The van der Waals surface area contributed by atoms with Gasteiger partial charge in [-0.3, -0.25) is 4.90 Å². The van der Waals surface area contributed by atoms with Crippen molar-refractivity contribution in [3.05, 3.63) is 107 Å². The highest BCUT2D eigenvalue weighted by molar-refractivity contribution is 5.41. The van der Waals surface area contributed by atoms with Crippen LogP contribution in [0.5, 0.6) is 0 Å². The van der Waals surface area contributed by atoms with Crippen molar-refractivity contribution in [2.24, 2.45) is 0 Å². The van der Waals surface area contributed by atoms with E-state index >= 15 is 0 Å². The summed E-state index contributed by atoms with van der Waals surface area (Å²) in [6.07, 6.45) is 1.04. The highest BCUT2D eigenvalue weighted by Gasteiger charge is 2.49. The number of nitrogens with zero attached hydrogens (tertiary/aromatic N) is 1. The van der Waals surface area contributed by atoms with Crippen LogP contribution in [0, 0.1) is 0 Å². The van der Waals surface area contributed by atoms with E-state index in [0.717, 1.165) is 32.7 Å². The fourth-order valence-corrected chi connectivity index (χ4v) is 4.88. The van der Waals surface area contributed by atoms with Crippen molar-refractivity contribution in [1.82, 2.24) is 4.90 Å². The van der Waals surface area contributed by atoms with E-state index < -0.39 is 0 Å². The van der Waals surface area contributed by atoms with Crippen LogP contribution in [-0.2, 0) is 23.5 Å². The molecule has 27 heavy (non-hydrogen) atoms. The number of hydrogen-bond donors (Lipinski definition) is 0. The van der Waals surface area contributed by atoms with E-state index in [1.54, 1.807) is 0 Å². The Labute approximate surface area is 161 Å². The number of likely N-dealkylation sites (tertiary alicyclic amines) is 1. The van der Waals surface area contributed by atoms with Crippen molar-refractivity contribution < 1.29 is 4.74 Å². The molecule has 0 bridgehead atoms. The molecule has 2 atom stereocenters. The molecule has 1 fully saturated rings. The zero-order valence-electron chi connectivity index (χ0n) is 15.6. The lowest BCUT2D eigenvalue weighted by Crippen LogP contribution is -2.48. The van der Waals surface area contributed by atoms with Gasteiger partial charge in [-0.2, -0.15) is 0 Å². The number of rotatable bonds is 3. The monoisotopic (exact) mass is 355 g/mol. The van der Waals surface area contributed by atoms with E-state index in [9.17, 15) is 0 Å². The summed E-state index contributed by atoms with van der Waals surface area (Å²) in [6, 6.07) is 30.5. The Morgan fingerprint density at radius 1 is 0.852 bits per heavy atom. The first kappa shape index (κ1) is 16.7. The third-order valence-corrected chi connectivity index (χ3v) is 6.21. The Balaban J connectivity index is 1.50. The number of fused-ring (bicyclic) bond motifs is 2. The normalized spacial score (nSPS) is 24.8. The van der Waals surface area contributed by atoms with Gasteiger partial charge >= 0.3 is 0 Å². The van der Waals surface area contributed by atoms with E-state index in [4.69, 9.17) is 4.74 Å². The summed E-state index contributed by atoms with van der Waals surface area (Å²) in [6.45, 7) is 3.82. The lowest BCUT2D eigenvalue weighted by molar-refractivity contribution is -0.0966. The second-order valence-corrected chi connectivity index (χ2v) is 7.77. The van der Waals surface area contributed by atoms with Crippen LogP contribution in [0.3, 0.4) is 0 Å². The van der Waals surface area contributed by atoms with Crippen LogP contribution < -0.4 is 0 Å². The van der Waals surface area contributed by atoms with Crippen molar-refractivity contribution in [2.75, 3.05) is 13.1 Å². The molecule has 0 N–H and O–H groups in total. The molecule has 0 aromatic heterocycles. The highest BCUT2D eigenvalue weighted by Crippen LogP contribution is 2.51. The van der Waals surface area contributed by atoms with Crippen LogP contribution in [0.1, 0.15) is 34.6 Å². The zero-order chi connectivity index (χ0) is 18.1. The SMILES string of the molecule is c1ccc(CN2CCC3(OCc4ccccc43)C(c3ccccc3)C2)cc1. The summed E-state index contributed by atoms with van der Waals surface area (Å²) in [5.74, 6) is 0.347. The maximum Gasteiger partial charge on any atom is 0.103 e. The van der Waals surface area contributed by atoms with Crippen LogP contribution in [0.25, 0.3) is 0 Å². The van der Waals surface area contributed by atoms with Gasteiger partial charge in [-0.15, -0.1) is 0 Å². The summed E-state index contributed by atoms with van der Waals surface area (Å²) in [7, 11) is 0. The minimum absolute atomic E-state index is 0.189. The molecule has 2 unspecified atom stereocenters. The van der Waals surface area contributed by atoms with E-state index in [0.29, 0.717) is 5.92 Å². The van der Waals surface area contributed by atoms with Crippen LogP contribution in [0.2, 0.25) is 0 Å². The van der Waals surface area contributed by atoms with Gasteiger partial charge in [0.1, 0.15) is 5.60 Å². The molecular formula is C25H25NO. The van der Waals surface area contributed by atoms with Gasteiger partial charge in [-0.1, -0.05) is 84.9 Å². The fourth-order valence-electron chi connectivity index (χ4n) is 4.88. The van der Waals surface area contributed by atoms with Crippen molar-refractivity contribution in [2.45, 2.75) is 31.1 Å². The molecule has 2 nitrogen and oxygen atoms in total. The summed E-state index contributed by atoms with van der Waals surface area (Å²) in [4.78, 5) is 2.59. The minimum atomic E-state index is -0.189. The Kier molecular flexibility index (Phi) is 4.31. The van der Waals surface area contributed by atoms with Gasteiger partial charge in [-0.25, -0.2) is 0 Å². The van der Waals surface area contributed by atoms with Gasteiger partial charge in [0.05, 0.1) is 6.61 Å². The number of hydrogen-bond acceptors (Lipinski definition) is 2. The summed E-state index contributed by atoms with van der Waals surface area (Å²) < 4.78 is 6.59. The van der Waals surface area contributed by atoms with E-state index in [1.165, 1.54) is 22.3 Å². The van der Waals surface area contributed by atoms with E-state index in [-0.39, 0.29) is 5.60 Å². The van der Waals surface area contributed by atoms with Gasteiger partial charge in [0.25, 0.3) is 0 Å². The van der Waals surface area contributed by atoms with E-state index in [2.05, 4.69) is 89.8 Å². The number of piperidine rings is 1. The zero-order valence-corrected chi connectivity index (χ0v) is 15.6. The molecule has 2 heteroatoms. The Morgan fingerprint density at radius 2 is 1.56 bits per heavy atom. The van der Waals surface area contributed by atoms with Crippen LogP contribution in [-0.4, -0.2) is 18.0 Å². The maximum atomic E-state index is 6.59. The summed E-state index contributed by atoms with van der Waals surface area (Å²) >= 11 is 0. The molecule has 2 aliphatic heterocycles. The van der Waals surface area contributed by atoms with Gasteiger partial charge < -0.3 is 4.74 Å². The fraction of sp³-hybridized carbons (Fsp3) is 0.280. The average molecular weight is 355 g/mol. The quantitative estimate of drug-likeness (QED) is 0.648. The van der Waals surface area contributed by atoms with Crippen LogP contribution in [0.4, 0.5) is 0 Å². The standard InChI is InChI=1S/C25H25NO/c1-3-9-20(10-4-1)17-26-16-15-25(23-14-8-7-13-22(23)19-27-25)24(18-26)21-11-5-2-6-12-21/h1-14,24H,15-19H2. The predicted molar refractivity (Wildman–Crippen MR) is 108 cm³/mol. The molecule has 0 saturated carbocycles. The van der Waals surface area contributed by atoms with Crippen LogP contribution in [0.15, 0.2) is 84.9 Å². The molecule has 2 heterocycles.